The summed E-state index contributed by atoms with van der Waals surface area (Å²) in [4.78, 5) is 29.7. The Morgan fingerprint density at radius 1 is 1.06 bits per heavy atom. The summed E-state index contributed by atoms with van der Waals surface area (Å²) in [5.41, 5.74) is 1.69. The van der Waals surface area contributed by atoms with E-state index in [1.54, 1.807) is 17.0 Å². The van der Waals surface area contributed by atoms with Crippen molar-refractivity contribution in [3.63, 3.8) is 0 Å². The van der Waals surface area contributed by atoms with Crippen LogP contribution in [0.2, 0.25) is 0 Å². The molecule has 2 aromatic rings. The third-order valence-electron chi connectivity index (χ3n) is 6.00. The van der Waals surface area contributed by atoms with Crippen LogP contribution in [0.25, 0.3) is 0 Å². The second-order valence-corrected chi connectivity index (χ2v) is 8.24. The van der Waals surface area contributed by atoms with E-state index in [2.05, 4.69) is 0 Å². The fraction of sp³-hybridized carbons (Fsp3) is 0.417. The average Bonchev–Trinajstić information content (AvgIpc) is 2.77. The van der Waals surface area contributed by atoms with Gasteiger partial charge in [0.2, 0.25) is 0 Å². The molecular weight excluding hydrogens is 399 g/mol. The number of hydrogen-bond donors (Lipinski definition) is 0. The summed E-state index contributed by atoms with van der Waals surface area (Å²) in [6.45, 7) is 5.22. The number of benzene rings is 2. The van der Waals surface area contributed by atoms with Crippen LogP contribution in [0.5, 0.6) is 11.5 Å². The first kappa shape index (κ1) is 21.2. The number of fused-ring (bicyclic) bond motifs is 1. The number of amides is 2. The zero-order chi connectivity index (χ0) is 22.1. The molecule has 0 N–H and O–H groups in total. The van der Waals surface area contributed by atoms with Gasteiger partial charge in [0.1, 0.15) is 17.3 Å². The Bertz CT molecular complexity index is 997. The van der Waals surface area contributed by atoms with Crippen molar-refractivity contribution in [3.05, 3.63) is 58.9 Å². The third-order valence-corrected chi connectivity index (χ3v) is 6.00. The Kier molecular flexibility index (Phi) is 5.85. The molecule has 6 nitrogen and oxygen atoms in total. The van der Waals surface area contributed by atoms with Gasteiger partial charge < -0.3 is 19.3 Å². The number of methoxy groups -OCH3 is 1. The van der Waals surface area contributed by atoms with Gasteiger partial charge in [0.05, 0.1) is 19.3 Å². The summed E-state index contributed by atoms with van der Waals surface area (Å²) in [5.74, 6) is 0.162. The number of ether oxygens (including phenoxy) is 2. The highest BCUT2D eigenvalue weighted by atomic mass is 19.1. The molecule has 0 saturated carbocycles. The van der Waals surface area contributed by atoms with Gasteiger partial charge in [-0.1, -0.05) is 0 Å². The lowest BCUT2D eigenvalue weighted by Gasteiger charge is -2.44. The fourth-order valence-electron chi connectivity index (χ4n) is 4.50. The molecule has 2 amide bonds. The Morgan fingerprint density at radius 2 is 1.81 bits per heavy atom. The molecule has 0 radical (unpaired) electrons. The predicted molar refractivity (Wildman–Crippen MR) is 114 cm³/mol. The molecule has 2 aromatic carbocycles. The monoisotopic (exact) mass is 426 g/mol. The second kappa shape index (κ2) is 8.57. The molecule has 0 spiro atoms. The van der Waals surface area contributed by atoms with E-state index in [-0.39, 0.29) is 29.5 Å². The Hall–Kier alpha value is -3.09. The van der Waals surface area contributed by atoms with Crippen molar-refractivity contribution in [2.24, 2.45) is 0 Å². The maximum Gasteiger partial charge on any atom is 0.256 e. The van der Waals surface area contributed by atoms with Crippen LogP contribution in [0.1, 0.15) is 46.5 Å². The Morgan fingerprint density at radius 3 is 2.48 bits per heavy atom. The number of nitrogens with zero attached hydrogens (tertiary/aromatic N) is 2. The van der Waals surface area contributed by atoms with E-state index >= 15 is 0 Å². The molecule has 1 saturated heterocycles. The minimum atomic E-state index is -0.612. The highest BCUT2D eigenvalue weighted by Gasteiger charge is 2.36. The van der Waals surface area contributed by atoms with E-state index in [9.17, 15) is 14.0 Å². The summed E-state index contributed by atoms with van der Waals surface area (Å²) < 4.78 is 25.1. The van der Waals surface area contributed by atoms with E-state index in [1.165, 1.54) is 19.2 Å². The average molecular weight is 426 g/mol. The number of carbonyl (C=O) groups excluding carboxylic acids is 2. The first-order valence-electron chi connectivity index (χ1n) is 10.6. The van der Waals surface area contributed by atoms with Crippen molar-refractivity contribution in [3.8, 4) is 11.5 Å². The number of aryl methyl sites for hydroxylation is 1. The van der Waals surface area contributed by atoms with Gasteiger partial charge in [-0.15, -0.1) is 0 Å². The zero-order valence-corrected chi connectivity index (χ0v) is 18.1. The molecule has 2 atom stereocenters. The molecule has 0 aromatic heterocycles. The minimum absolute atomic E-state index is 0.00895. The smallest absolute Gasteiger partial charge is 0.256 e. The summed E-state index contributed by atoms with van der Waals surface area (Å²) in [5, 5.41) is 0. The maximum absolute atomic E-state index is 14.4. The molecule has 31 heavy (non-hydrogen) atoms. The van der Waals surface area contributed by atoms with Gasteiger partial charge in [0.15, 0.2) is 0 Å². The van der Waals surface area contributed by atoms with E-state index < -0.39 is 5.82 Å². The second-order valence-electron chi connectivity index (χ2n) is 8.24. The van der Waals surface area contributed by atoms with E-state index in [0.717, 1.165) is 24.2 Å². The van der Waals surface area contributed by atoms with Gasteiger partial charge in [-0.2, -0.15) is 0 Å². The lowest BCUT2D eigenvalue weighted by atomic mass is 10.0. The van der Waals surface area contributed by atoms with Gasteiger partial charge in [-0.05, 0) is 62.6 Å². The number of hydrogen-bond acceptors (Lipinski definition) is 4. The number of piperazine rings is 1. The minimum Gasteiger partial charge on any atom is -0.497 e. The van der Waals surface area contributed by atoms with Gasteiger partial charge in [0.25, 0.3) is 11.8 Å². The molecule has 164 valence electrons. The molecule has 0 unspecified atom stereocenters. The molecule has 2 aliphatic rings. The van der Waals surface area contributed by atoms with Gasteiger partial charge >= 0.3 is 0 Å². The van der Waals surface area contributed by atoms with Crippen molar-refractivity contribution < 1.29 is 23.5 Å². The predicted octanol–water partition coefficient (Wildman–Crippen LogP) is 3.53. The van der Waals surface area contributed by atoms with Crippen LogP contribution in [0.4, 0.5) is 4.39 Å². The standard InChI is InChI=1S/C24H27FN2O4/c1-15-13-26(24(29)20-8-7-19(30-3)12-21(20)25)14-16(2)27(15)23(28)18-6-9-22-17(11-18)5-4-10-31-22/h6-9,11-12,15-16H,4-5,10,13-14H2,1-3H3/t15-,16-/m1/s1. The van der Waals surface area contributed by atoms with Gasteiger partial charge in [0, 0.05) is 36.8 Å². The molecule has 2 aliphatic heterocycles. The van der Waals surface area contributed by atoms with Crippen LogP contribution in [-0.2, 0) is 6.42 Å². The highest BCUT2D eigenvalue weighted by Crippen LogP contribution is 2.28. The summed E-state index contributed by atoms with van der Waals surface area (Å²) in [7, 11) is 1.45. The van der Waals surface area contributed by atoms with Crippen molar-refractivity contribution in [2.75, 3.05) is 26.8 Å². The molecule has 4 rings (SSSR count). The lowest BCUT2D eigenvalue weighted by Crippen LogP contribution is -2.59. The van der Waals surface area contributed by atoms with Crippen molar-refractivity contribution in [1.82, 2.24) is 9.80 Å². The van der Waals surface area contributed by atoms with E-state index in [0.29, 0.717) is 31.0 Å². The summed E-state index contributed by atoms with van der Waals surface area (Å²) >= 11 is 0. The fourth-order valence-corrected chi connectivity index (χ4v) is 4.50. The van der Waals surface area contributed by atoms with E-state index in [4.69, 9.17) is 9.47 Å². The Balaban J connectivity index is 1.50. The van der Waals surface area contributed by atoms with Crippen LogP contribution in [0.3, 0.4) is 0 Å². The number of rotatable bonds is 3. The lowest BCUT2D eigenvalue weighted by molar-refractivity contribution is 0.0252. The Labute approximate surface area is 181 Å². The van der Waals surface area contributed by atoms with E-state index in [1.807, 2.05) is 30.9 Å². The number of carbonyl (C=O) groups is 2. The topological polar surface area (TPSA) is 59.1 Å². The molecule has 0 aliphatic carbocycles. The van der Waals surface area contributed by atoms with Gasteiger partial charge in [-0.3, -0.25) is 9.59 Å². The SMILES string of the molecule is COc1ccc(C(=O)N2C[C@@H](C)N(C(=O)c3ccc4c(c3)CCCO4)[C@H](C)C2)c(F)c1. The van der Waals surface area contributed by atoms with Crippen LogP contribution in [0, 0.1) is 5.82 Å². The van der Waals surface area contributed by atoms with Crippen molar-refractivity contribution >= 4 is 11.8 Å². The first-order chi connectivity index (χ1) is 14.9. The molecule has 0 bridgehead atoms. The van der Waals surface area contributed by atoms with Crippen LogP contribution < -0.4 is 9.47 Å². The molecular formula is C24H27FN2O4. The molecule has 7 heteroatoms. The highest BCUT2D eigenvalue weighted by molar-refractivity contribution is 5.97. The summed E-state index contributed by atoms with van der Waals surface area (Å²) in [6.07, 6.45) is 1.84. The van der Waals surface area contributed by atoms with Crippen LogP contribution >= 0.6 is 0 Å². The first-order valence-corrected chi connectivity index (χ1v) is 10.6. The zero-order valence-electron chi connectivity index (χ0n) is 18.1. The van der Waals surface area contributed by atoms with Crippen molar-refractivity contribution in [2.45, 2.75) is 38.8 Å². The van der Waals surface area contributed by atoms with Crippen LogP contribution in [-0.4, -0.2) is 60.5 Å². The normalized spacial score (nSPS) is 20.6. The maximum atomic E-state index is 14.4. The van der Waals surface area contributed by atoms with Gasteiger partial charge in [-0.25, -0.2) is 4.39 Å². The quantitative estimate of drug-likeness (QED) is 0.754. The largest absolute Gasteiger partial charge is 0.497 e. The van der Waals surface area contributed by atoms with Crippen molar-refractivity contribution in [1.29, 1.82) is 0 Å². The molecule has 1 fully saturated rings. The number of halogens is 1. The third kappa shape index (κ3) is 4.09. The summed E-state index contributed by atoms with van der Waals surface area (Å²) in [6, 6.07) is 9.41. The molecule has 2 heterocycles. The van der Waals surface area contributed by atoms with Crippen LogP contribution in [0.15, 0.2) is 36.4 Å².